The monoisotopic (exact) mass is 169 g/mol. The minimum Gasteiger partial charge on any atom is -0.392 e. The molecular formula is C10H19NO. The average Bonchev–Trinajstić information content (AvgIpc) is 2.91. The Balaban J connectivity index is 1.59. The van der Waals surface area contributed by atoms with E-state index >= 15 is 0 Å². The van der Waals surface area contributed by atoms with Gasteiger partial charge in [0.05, 0.1) is 6.10 Å². The van der Waals surface area contributed by atoms with Gasteiger partial charge in [-0.3, -0.25) is 0 Å². The van der Waals surface area contributed by atoms with Gasteiger partial charge in [-0.2, -0.15) is 0 Å². The highest BCUT2D eigenvalue weighted by atomic mass is 16.3. The second-order valence-corrected chi connectivity index (χ2v) is 4.44. The van der Waals surface area contributed by atoms with Gasteiger partial charge in [-0.25, -0.2) is 0 Å². The number of aliphatic hydroxyl groups excluding tert-OH is 1. The molecule has 2 fully saturated rings. The van der Waals surface area contributed by atoms with E-state index in [1.165, 1.54) is 25.7 Å². The summed E-state index contributed by atoms with van der Waals surface area (Å²) in [7, 11) is 0. The molecule has 2 unspecified atom stereocenters. The maximum Gasteiger partial charge on any atom is 0.0692 e. The largest absolute Gasteiger partial charge is 0.392 e. The first-order valence-electron chi connectivity index (χ1n) is 5.19. The first kappa shape index (κ1) is 8.52. The van der Waals surface area contributed by atoms with Crippen molar-refractivity contribution in [2.45, 2.75) is 44.8 Å². The Labute approximate surface area is 74.4 Å². The molecule has 0 aromatic heterocycles. The zero-order chi connectivity index (χ0) is 8.55. The Bertz CT molecular complexity index is 134. The minimum atomic E-state index is -0.0776. The standard InChI is InChI=1S/C10H19NO/c1-7(8-2-3-8)11-6-10(12)9-4-5-9/h7-12H,2-6H2,1H3. The summed E-state index contributed by atoms with van der Waals surface area (Å²) in [6.07, 6.45) is 5.16. The molecule has 2 atom stereocenters. The molecule has 2 nitrogen and oxygen atoms in total. The Morgan fingerprint density at radius 1 is 1.25 bits per heavy atom. The second-order valence-electron chi connectivity index (χ2n) is 4.44. The maximum atomic E-state index is 9.58. The van der Waals surface area contributed by atoms with Crippen LogP contribution in [0.2, 0.25) is 0 Å². The van der Waals surface area contributed by atoms with Crippen LogP contribution in [0.4, 0.5) is 0 Å². The zero-order valence-electron chi connectivity index (χ0n) is 7.79. The highest BCUT2D eigenvalue weighted by molar-refractivity contribution is 4.86. The first-order chi connectivity index (χ1) is 5.77. The molecule has 0 amide bonds. The van der Waals surface area contributed by atoms with Gasteiger partial charge in [0, 0.05) is 12.6 Å². The van der Waals surface area contributed by atoms with Gasteiger partial charge in [-0.1, -0.05) is 0 Å². The summed E-state index contributed by atoms with van der Waals surface area (Å²) >= 11 is 0. The van der Waals surface area contributed by atoms with Gasteiger partial charge >= 0.3 is 0 Å². The third kappa shape index (κ3) is 2.20. The van der Waals surface area contributed by atoms with Crippen LogP contribution in [0.25, 0.3) is 0 Å². The summed E-state index contributed by atoms with van der Waals surface area (Å²) in [6, 6.07) is 0.624. The molecule has 70 valence electrons. The Morgan fingerprint density at radius 3 is 2.33 bits per heavy atom. The highest BCUT2D eigenvalue weighted by Gasteiger charge is 2.31. The van der Waals surface area contributed by atoms with Gasteiger partial charge in [0.15, 0.2) is 0 Å². The van der Waals surface area contributed by atoms with E-state index in [4.69, 9.17) is 0 Å². The number of hydrogen-bond donors (Lipinski definition) is 2. The Morgan fingerprint density at radius 2 is 1.83 bits per heavy atom. The third-order valence-electron chi connectivity index (χ3n) is 3.14. The molecule has 0 bridgehead atoms. The molecule has 0 spiro atoms. The fourth-order valence-corrected chi connectivity index (χ4v) is 1.72. The fraction of sp³-hybridized carbons (Fsp3) is 1.00. The van der Waals surface area contributed by atoms with Gasteiger partial charge in [0.25, 0.3) is 0 Å². The molecule has 0 aliphatic heterocycles. The summed E-state index contributed by atoms with van der Waals surface area (Å²) in [6.45, 7) is 3.04. The van der Waals surface area contributed by atoms with Crippen LogP contribution in [-0.4, -0.2) is 23.8 Å². The van der Waals surface area contributed by atoms with E-state index in [1.807, 2.05) is 0 Å². The lowest BCUT2D eigenvalue weighted by Crippen LogP contribution is -2.35. The van der Waals surface area contributed by atoms with E-state index in [2.05, 4.69) is 12.2 Å². The molecule has 2 heteroatoms. The number of hydrogen-bond acceptors (Lipinski definition) is 2. The van der Waals surface area contributed by atoms with Crippen LogP contribution in [0, 0.1) is 11.8 Å². The molecule has 0 radical (unpaired) electrons. The number of rotatable bonds is 5. The molecule has 0 aromatic rings. The molecule has 0 saturated heterocycles. The van der Waals surface area contributed by atoms with Crippen molar-refractivity contribution in [1.82, 2.24) is 5.32 Å². The molecule has 2 rings (SSSR count). The van der Waals surface area contributed by atoms with Crippen LogP contribution in [0.15, 0.2) is 0 Å². The Hall–Kier alpha value is -0.0800. The van der Waals surface area contributed by atoms with E-state index in [0.717, 1.165) is 12.5 Å². The van der Waals surface area contributed by atoms with E-state index in [1.54, 1.807) is 0 Å². The molecule has 2 saturated carbocycles. The van der Waals surface area contributed by atoms with Crippen LogP contribution in [0.3, 0.4) is 0 Å². The van der Waals surface area contributed by atoms with Crippen molar-refractivity contribution >= 4 is 0 Å². The molecule has 0 heterocycles. The van der Waals surface area contributed by atoms with E-state index in [0.29, 0.717) is 12.0 Å². The number of nitrogens with one attached hydrogen (secondary N) is 1. The summed E-state index contributed by atoms with van der Waals surface area (Å²) in [5.41, 5.74) is 0. The van der Waals surface area contributed by atoms with Crippen LogP contribution in [0.1, 0.15) is 32.6 Å². The molecule has 0 aromatic carbocycles. The molecule has 2 aliphatic rings. The van der Waals surface area contributed by atoms with Crippen molar-refractivity contribution in [2.24, 2.45) is 11.8 Å². The molecule has 2 aliphatic carbocycles. The summed E-state index contributed by atoms with van der Waals surface area (Å²) in [5.74, 6) is 1.51. The Kier molecular flexibility index (Phi) is 2.37. The van der Waals surface area contributed by atoms with Gasteiger partial charge in [0.1, 0.15) is 0 Å². The summed E-state index contributed by atoms with van der Waals surface area (Å²) < 4.78 is 0. The minimum absolute atomic E-state index is 0.0776. The normalized spacial score (nSPS) is 28.5. The summed E-state index contributed by atoms with van der Waals surface area (Å²) in [5, 5.41) is 13.0. The van der Waals surface area contributed by atoms with Crippen molar-refractivity contribution in [1.29, 1.82) is 0 Å². The predicted octanol–water partition coefficient (Wildman–Crippen LogP) is 1.15. The quantitative estimate of drug-likeness (QED) is 0.647. The topological polar surface area (TPSA) is 32.3 Å². The van der Waals surface area contributed by atoms with Crippen LogP contribution >= 0.6 is 0 Å². The van der Waals surface area contributed by atoms with Crippen molar-refractivity contribution in [2.75, 3.05) is 6.54 Å². The van der Waals surface area contributed by atoms with Crippen LogP contribution in [0.5, 0.6) is 0 Å². The lowest BCUT2D eigenvalue weighted by atomic mass is 10.2. The second kappa shape index (κ2) is 3.35. The van der Waals surface area contributed by atoms with Crippen molar-refractivity contribution in [3.8, 4) is 0 Å². The highest BCUT2D eigenvalue weighted by Crippen LogP contribution is 2.34. The van der Waals surface area contributed by atoms with E-state index < -0.39 is 0 Å². The third-order valence-corrected chi connectivity index (χ3v) is 3.14. The van der Waals surface area contributed by atoms with Crippen molar-refractivity contribution in [3.63, 3.8) is 0 Å². The average molecular weight is 169 g/mol. The lowest BCUT2D eigenvalue weighted by Gasteiger charge is -2.15. The van der Waals surface area contributed by atoms with Crippen LogP contribution < -0.4 is 5.32 Å². The lowest BCUT2D eigenvalue weighted by molar-refractivity contribution is 0.144. The zero-order valence-corrected chi connectivity index (χ0v) is 7.79. The molecule has 2 N–H and O–H groups in total. The van der Waals surface area contributed by atoms with Crippen molar-refractivity contribution in [3.05, 3.63) is 0 Å². The fourth-order valence-electron chi connectivity index (χ4n) is 1.72. The number of aliphatic hydroxyl groups is 1. The van der Waals surface area contributed by atoms with Gasteiger partial charge in [0.2, 0.25) is 0 Å². The molecule has 12 heavy (non-hydrogen) atoms. The predicted molar refractivity (Wildman–Crippen MR) is 48.9 cm³/mol. The maximum absolute atomic E-state index is 9.58. The van der Waals surface area contributed by atoms with E-state index in [-0.39, 0.29) is 6.10 Å². The van der Waals surface area contributed by atoms with E-state index in [9.17, 15) is 5.11 Å². The van der Waals surface area contributed by atoms with Crippen molar-refractivity contribution < 1.29 is 5.11 Å². The molecular weight excluding hydrogens is 150 g/mol. The first-order valence-corrected chi connectivity index (χ1v) is 5.19. The van der Waals surface area contributed by atoms with Gasteiger partial charge < -0.3 is 10.4 Å². The van der Waals surface area contributed by atoms with Crippen LogP contribution in [-0.2, 0) is 0 Å². The van der Waals surface area contributed by atoms with Gasteiger partial charge in [-0.05, 0) is 44.4 Å². The van der Waals surface area contributed by atoms with Gasteiger partial charge in [-0.15, -0.1) is 0 Å². The SMILES string of the molecule is CC(NCC(O)C1CC1)C1CC1. The smallest absolute Gasteiger partial charge is 0.0692 e. The summed E-state index contributed by atoms with van der Waals surface area (Å²) in [4.78, 5) is 0.